The van der Waals surface area contributed by atoms with Crippen molar-refractivity contribution in [2.24, 2.45) is 5.73 Å². The first kappa shape index (κ1) is 17.5. The molecule has 1 nitrogen and oxygen atoms in total. The lowest BCUT2D eigenvalue weighted by atomic mass is 10.1. The van der Waals surface area contributed by atoms with Crippen molar-refractivity contribution in [1.29, 1.82) is 0 Å². The number of aryl methyl sites for hydroxylation is 2. The fraction of sp³-hybridized carbons (Fsp3) is 0.294. The van der Waals surface area contributed by atoms with Gasteiger partial charge in [-0.3, -0.25) is 0 Å². The molecule has 0 aliphatic rings. The molecule has 0 spiro atoms. The molecule has 2 aromatic rings. The lowest BCUT2D eigenvalue weighted by molar-refractivity contribution is 1.09. The molecular formula is C17H25NS. The molecular weight excluding hydrogens is 250 g/mol. The standard InChI is InChI=1S/C12H12S.C3H8.C2H5N/c1-9-5-3-4-6-11(9)12-8-7-10(2)13-12;1-3-2;1-2-3/h3-8H,1-2H3;3H2,1-2H3;2H,1,3H2. The first-order valence-corrected chi connectivity index (χ1v) is 7.37. The van der Waals surface area contributed by atoms with Crippen LogP contribution in [0.2, 0.25) is 0 Å². The number of hydrogen-bond acceptors (Lipinski definition) is 2. The summed E-state index contributed by atoms with van der Waals surface area (Å²) in [5, 5.41) is 0. The van der Waals surface area contributed by atoms with Crippen LogP contribution in [0.5, 0.6) is 0 Å². The first-order chi connectivity index (χ1) is 9.10. The van der Waals surface area contributed by atoms with Crippen LogP contribution in [0, 0.1) is 13.8 Å². The SMILES string of the molecule is C=CN.CCC.Cc1ccc(-c2ccccc2C)s1. The maximum atomic E-state index is 4.61. The molecule has 0 radical (unpaired) electrons. The lowest BCUT2D eigenvalue weighted by Crippen LogP contribution is -1.77. The highest BCUT2D eigenvalue weighted by Crippen LogP contribution is 2.29. The Balaban J connectivity index is 0.000000465. The van der Waals surface area contributed by atoms with E-state index in [1.807, 2.05) is 11.3 Å². The second-order valence-electron chi connectivity index (χ2n) is 4.17. The van der Waals surface area contributed by atoms with Crippen molar-refractivity contribution >= 4 is 11.3 Å². The van der Waals surface area contributed by atoms with Crippen LogP contribution in [0.15, 0.2) is 49.2 Å². The minimum atomic E-state index is 1.25. The summed E-state index contributed by atoms with van der Waals surface area (Å²) in [6.07, 6.45) is 2.50. The van der Waals surface area contributed by atoms with Crippen LogP contribution in [0.25, 0.3) is 10.4 Å². The highest BCUT2D eigenvalue weighted by atomic mass is 32.1. The second-order valence-corrected chi connectivity index (χ2v) is 5.46. The number of benzene rings is 1. The van der Waals surface area contributed by atoms with Crippen molar-refractivity contribution in [2.75, 3.05) is 0 Å². The zero-order valence-corrected chi connectivity index (χ0v) is 13.3. The second kappa shape index (κ2) is 10.4. The smallest absolute Gasteiger partial charge is 0.0348 e. The van der Waals surface area contributed by atoms with Crippen molar-refractivity contribution in [3.05, 3.63) is 59.6 Å². The van der Waals surface area contributed by atoms with E-state index >= 15 is 0 Å². The van der Waals surface area contributed by atoms with E-state index in [1.54, 1.807) is 0 Å². The van der Waals surface area contributed by atoms with Gasteiger partial charge in [0.05, 0.1) is 0 Å². The normalized spacial score (nSPS) is 8.63. The van der Waals surface area contributed by atoms with Crippen LogP contribution in [0.3, 0.4) is 0 Å². The van der Waals surface area contributed by atoms with Crippen molar-refractivity contribution in [1.82, 2.24) is 0 Å². The number of rotatable bonds is 1. The van der Waals surface area contributed by atoms with Crippen molar-refractivity contribution in [3.8, 4) is 10.4 Å². The Labute approximate surface area is 121 Å². The van der Waals surface area contributed by atoms with E-state index in [-0.39, 0.29) is 0 Å². The highest BCUT2D eigenvalue weighted by molar-refractivity contribution is 7.15. The van der Waals surface area contributed by atoms with Crippen molar-refractivity contribution in [2.45, 2.75) is 34.1 Å². The fourth-order valence-corrected chi connectivity index (χ4v) is 2.39. The Bertz CT molecular complexity index is 472. The zero-order valence-electron chi connectivity index (χ0n) is 12.4. The van der Waals surface area contributed by atoms with Crippen molar-refractivity contribution in [3.63, 3.8) is 0 Å². The minimum absolute atomic E-state index is 1.25. The van der Waals surface area contributed by atoms with E-state index in [1.165, 1.54) is 33.5 Å². The summed E-state index contributed by atoms with van der Waals surface area (Å²) in [7, 11) is 0. The van der Waals surface area contributed by atoms with Gasteiger partial charge in [-0.15, -0.1) is 11.3 Å². The predicted molar refractivity (Wildman–Crippen MR) is 89.6 cm³/mol. The van der Waals surface area contributed by atoms with Gasteiger partial charge in [-0.1, -0.05) is 51.1 Å². The van der Waals surface area contributed by atoms with Crippen LogP contribution in [0.1, 0.15) is 30.7 Å². The van der Waals surface area contributed by atoms with Crippen LogP contribution in [-0.2, 0) is 0 Å². The van der Waals surface area contributed by atoms with Gasteiger partial charge < -0.3 is 5.73 Å². The molecule has 0 bridgehead atoms. The Hall–Kier alpha value is -1.54. The van der Waals surface area contributed by atoms with Gasteiger partial charge in [0.2, 0.25) is 0 Å². The number of thiophene rings is 1. The van der Waals surface area contributed by atoms with Gasteiger partial charge in [-0.2, -0.15) is 0 Å². The molecule has 0 atom stereocenters. The summed E-state index contributed by atoms with van der Waals surface area (Å²) in [6, 6.07) is 12.9. The van der Waals surface area contributed by atoms with Crippen LogP contribution in [0.4, 0.5) is 0 Å². The van der Waals surface area contributed by atoms with E-state index in [0.717, 1.165) is 0 Å². The Kier molecular flexibility index (Phi) is 9.55. The third-order valence-corrected chi connectivity index (χ3v) is 3.18. The van der Waals surface area contributed by atoms with E-state index in [9.17, 15) is 0 Å². The molecule has 19 heavy (non-hydrogen) atoms. The first-order valence-electron chi connectivity index (χ1n) is 6.55. The van der Waals surface area contributed by atoms with E-state index in [0.29, 0.717) is 0 Å². The van der Waals surface area contributed by atoms with Gasteiger partial charge in [-0.25, -0.2) is 0 Å². The molecule has 0 saturated heterocycles. The summed E-state index contributed by atoms with van der Waals surface area (Å²) in [5.41, 5.74) is 7.32. The summed E-state index contributed by atoms with van der Waals surface area (Å²) >= 11 is 1.85. The summed E-state index contributed by atoms with van der Waals surface area (Å²) in [6.45, 7) is 11.7. The Morgan fingerprint density at radius 3 is 2.05 bits per heavy atom. The van der Waals surface area contributed by atoms with Crippen LogP contribution in [-0.4, -0.2) is 0 Å². The molecule has 1 aromatic heterocycles. The molecule has 0 unspecified atom stereocenters. The van der Waals surface area contributed by atoms with E-state index < -0.39 is 0 Å². The van der Waals surface area contributed by atoms with Crippen LogP contribution >= 0.6 is 11.3 Å². The summed E-state index contributed by atoms with van der Waals surface area (Å²) < 4.78 is 0. The maximum absolute atomic E-state index is 4.61. The maximum Gasteiger partial charge on any atom is 0.0348 e. The molecule has 2 rings (SSSR count). The average molecular weight is 275 g/mol. The molecule has 0 aliphatic heterocycles. The highest BCUT2D eigenvalue weighted by Gasteiger charge is 2.01. The van der Waals surface area contributed by atoms with Gasteiger partial charge in [0, 0.05) is 9.75 Å². The van der Waals surface area contributed by atoms with Gasteiger partial charge in [0.1, 0.15) is 0 Å². The van der Waals surface area contributed by atoms with Gasteiger partial charge in [-0.05, 0) is 43.3 Å². The Morgan fingerprint density at radius 2 is 1.63 bits per heavy atom. The number of nitrogens with two attached hydrogens (primary N) is 1. The van der Waals surface area contributed by atoms with Gasteiger partial charge in [0.15, 0.2) is 0 Å². The molecule has 0 fully saturated rings. The quantitative estimate of drug-likeness (QED) is 0.727. The van der Waals surface area contributed by atoms with E-state index in [2.05, 4.69) is 76.4 Å². The minimum Gasteiger partial charge on any atom is -0.405 e. The predicted octanol–water partition coefficient (Wildman–Crippen LogP) is 5.54. The third kappa shape index (κ3) is 6.82. The molecule has 0 aliphatic carbocycles. The Morgan fingerprint density at radius 1 is 1.11 bits per heavy atom. The summed E-state index contributed by atoms with van der Waals surface area (Å²) in [4.78, 5) is 2.74. The molecule has 2 N–H and O–H groups in total. The van der Waals surface area contributed by atoms with Gasteiger partial charge >= 0.3 is 0 Å². The molecule has 0 saturated carbocycles. The molecule has 0 amide bonds. The summed E-state index contributed by atoms with van der Waals surface area (Å²) in [5.74, 6) is 0. The monoisotopic (exact) mass is 275 g/mol. The average Bonchev–Trinajstić information content (AvgIpc) is 2.78. The van der Waals surface area contributed by atoms with Gasteiger partial charge in [0.25, 0.3) is 0 Å². The topological polar surface area (TPSA) is 26.0 Å². The number of hydrogen-bond donors (Lipinski definition) is 1. The zero-order chi connectivity index (χ0) is 14.7. The molecule has 104 valence electrons. The largest absolute Gasteiger partial charge is 0.405 e. The molecule has 2 heteroatoms. The lowest BCUT2D eigenvalue weighted by Gasteiger charge is -2.00. The van der Waals surface area contributed by atoms with Crippen molar-refractivity contribution < 1.29 is 0 Å². The molecule has 1 aromatic carbocycles. The molecule has 1 heterocycles. The third-order valence-electron chi connectivity index (χ3n) is 2.15. The fourth-order valence-electron chi connectivity index (χ4n) is 1.43. The van der Waals surface area contributed by atoms with E-state index in [4.69, 9.17) is 0 Å². The van der Waals surface area contributed by atoms with Crippen LogP contribution < -0.4 is 5.73 Å².